The fourth-order valence-corrected chi connectivity index (χ4v) is 2.06. The Kier molecular flexibility index (Phi) is 6.94. The van der Waals surface area contributed by atoms with Crippen LogP contribution in [0, 0.1) is 0 Å². The first-order valence-corrected chi connectivity index (χ1v) is 7.48. The Hall–Kier alpha value is -2.53. The Bertz CT molecular complexity index is 574. The molecule has 0 aliphatic heterocycles. The van der Waals surface area contributed by atoms with Crippen molar-refractivity contribution in [2.75, 3.05) is 38.3 Å². The smallest absolute Gasteiger partial charge is 0.432 e. The first-order valence-electron chi connectivity index (χ1n) is 7.48. The number of carbonyl (C=O) groups excluding carboxylic acids is 1. The highest BCUT2D eigenvalue weighted by Gasteiger charge is 2.09. The zero-order chi connectivity index (χ0) is 16.3. The van der Waals surface area contributed by atoms with Gasteiger partial charge in [0.1, 0.15) is 12.4 Å². The molecule has 2 aromatic rings. The van der Waals surface area contributed by atoms with Crippen LogP contribution in [0.4, 0.5) is 10.5 Å². The van der Waals surface area contributed by atoms with Crippen LogP contribution in [-0.2, 0) is 9.47 Å². The van der Waals surface area contributed by atoms with E-state index in [1.807, 2.05) is 36.4 Å². The Balaban J connectivity index is 1.80. The van der Waals surface area contributed by atoms with E-state index in [1.165, 1.54) is 0 Å². The third-order valence-electron chi connectivity index (χ3n) is 3.21. The first kappa shape index (κ1) is 16.8. The SMILES string of the molecule is COCCN(CCOC(=O)Oc1ccccc1)c1ccccc1. The summed E-state index contributed by atoms with van der Waals surface area (Å²) in [6, 6.07) is 18.8. The molecule has 0 fully saturated rings. The second kappa shape index (κ2) is 9.48. The van der Waals surface area contributed by atoms with Crippen LogP contribution >= 0.6 is 0 Å². The van der Waals surface area contributed by atoms with Crippen LogP contribution in [0.1, 0.15) is 0 Å². The summed E-state index contributed by atoms with van der Waals surface area (Å²) in [7, 11) is 1.66. The molecule has 0 aliphatic rings. The molecular weight excluding hydrogens is 294 g/mol. The monoisotopic (exact) mass is 315 g/mol. The molecular formula is C18H21NO4. The van der Waals surface area contributed by atoms with Crippen molar-refractivity contribution in [3.8, 4) is 5.75 Å². The highest BCUT2D eigenvalue weighted by Crippen LogP contribution is 2.13. The van der Waals surface area contributed by atoms with Gasteiger partial charge in [-0.2, -0.15) is 0 Å². The molecule has 0 saturated carbocycles. The average Bonchev–Trinajstić information content (AvgIpc) is 2.59. The number of methoxy groups -OCH3 is 1. The predicted molar refractivity (Wildman–Crippen MR) is 88.9 cm³/mol. The number of benzene rings is 2. The summed E-state index contributed by atoms with van der Waals surface area (Å²) in [6.45, 7) is 2.13. The summed E-state index contributed by atoms with van der Waals surface area (Å²) in [4.78, 5) is 13.8. The van der Waals surface area contributed by atoms with Gasteiger partial charge in [-0.05, 0) is 24.3 Å². The normalized spacial score (nSPS) is 10.1. The van der Waals surface area contributed by atoms with Gasteiger partial charge in [0.25, 0.3) is 0 Å². The quantitative estimate of drug-likeness (QED) is 0.552. The third-order valence-corrected chi connectivity index (χ3v) is 3.21. The first-order chi connectivity index (χ1) is 11.3. The van der Waals surface area contributed by atoms with Crippen molar-refractivity contribution in [1.82, 2.24) is 0 Å². The van der Waals surface area contributed by atoms with Crippen LogP contribution in [0.5, 0.6) is 5.75 Å². The molecule has 0 saturated heterocycles. The summed E-state index contributed by atoms with van der Waals surface area (Å²) >= 11 is 0. The standard InChI is InChI=1S/C18H21NO4/c1-21-14-12-19(16-8-4-2-5-9-16)13-15-22-18(20)23-17-10-6-3-7-11-17/h2-11H,12-15H2,1H3. The summed E-state index contributed by atoms with van der Waals surface area (Å²) < 4.78 is 15.3. The van der Waals surface area contributed by atoms with Crippen molar-refractivity contribution in [2.24, 2.45) is 0 Å². The molecule has 2 aromatic carbocycles. The molecule has 0 aliphatic carbocycles. The van der Waals surface area contributed by atoms with Gasteiger partial charge in [-0.25, -0.2) is 4.79 Å². The second-order valence-electron chi connectivity index (χ2n) is 4.83. The Labute approximate surface area is 136 Å². The van der Waals surface area contributed by atoms with Crippen molar-refractivity contribution in [1.29, 1.82) is 0 Å². The Morgan fingerprint density at radius 2 is 1.52 bits per heavy atom. The van der Waals surface area contributed by atoms with E-state index in [-0.39, 0.29) is 6.61 Å². The zero-order valence-electron chi connectivity index (χ0n) is 13.2. The van der Waals surface area contributed by atoms with Gasteiger partial charge in [-0.3, -0.25) is 0 Å². The van der Waals surface area contributed by atoms with E-state index in [1.54, 1.807) is 31.4 Å². The summed E-state index contributed by atoms with van der Waals surface area (Å²) in [6.07, 6.45) is -0.698. The molecule has 122 valence electrons. The van der Waals surface area contributed by atoms with E-state index in [0.717, 1.165) is 12.2 Å². The van der Waals surface area contributed by atoms with Crippen molar-refractivity contribution in [3.05, 3.63) is 60.7 Å². The number of anilines is 1. The molecule has 0 spiro atoms. The van der Waals surface area contributed by atoms with Crippen LogP contribution in [0.25, 0.3) is 0 Å². The fourth-order valence-electron chi connectivity index (χ4n) is 2.06. The minimum absolute atomic E-state index is 0.240. The van der Waals surface area contributed by atoms with Gasteiger partial charge >= 0.3 is 6.16 Å². The van der Waals surface area contributed by atoms with E-state index >= 15 is 0 Å². The number of hydrogen-bond donors (Lipinski definition) is 0. The number of ether oxygens (including phenoxy) is 3. The van der Waals surface area contributed by atoms with Crippen LogP contribution in [0.3, 0.4) is 0 Å². The van der Waals surface area contributed by atoms with Gasteiger partial charge in [0.2, 0.25) is 0 Å². The number of para-hydroxylation sites is 2. The molecule has 0 amide bonds. The number of carbonyl (C=O) groups is 1. The maximum Gasteiger partial charge on any atom is 0.513 e. The van der Waals surface area contributed by atoms with Crippen molar-refractivity contribution in [3.63, 3.8) is 0 Å². The van der Waals surface area contributed by atoms with E-state index in [9.17, 15) is 4.79 Å². The molecule has 0 radical (unpaired) electrons. The number of hydrogen-bond acceptors (Lipinski definition) is 5. The predicted octanol–water partition coefficient (Wildman–Crippen LogP) is 3.36. The number of nitrogens with zero attached hydrogens (tertiary/aromatic N) is 1. The highest BCUT2D eigenvalue weighted by molar-refractivity contribution is 5.63. The molecule has 23 heavy (non-hydrogen) atoms. The lowest BCUT2D eigenvalue weighted by atomic mass is 10.3. The minimum Gasteiger partial charge on any atom is -0.432 e. The summed E-state index contributed by atoms with van der Waals surface area (Å²) in [5, 5.41) is 0. The second-order valence-corrected chi connectivity index (χ2v) is 4.83. The van der Waals surface area contributed by atoms with Crippen molar-refractivity contribution in [2.45, 2.75) is 0 Å². The molecule has 0 bridgehead atoms. The fraction of sp³-hybridized carbons (Fsp3) is 0.278. The van der Waals surface area contributed by atoms with Crippen LogP contribution in [-0.4, -0.2) is 39.6 Å². The van der Waals surface area contributed by atoms with Crippen LogP contribution in [0.2, 0.25) is 0 Å². The minimum atomic E-state index is -0.698. The van der Waals surface area contributed by atoms with Crippen molar-refractivity contribution >= 4 is 11.8 Å². The zero-order valence-corrected chi connectivity index (χ0v) is 13.2. The molecule has 0 heterocycles. The molecule has 0 atom stereocenters. The Morgan fingerprint density at radius 3 is 2.17 bits per heavy atom. The van der Waals surface area contributed by atoms with Gasteiger partial charge < -0.3 is 19.1 Å². The molecule has 0 N–H and O–H groups in total. The largest absolute Gasteiger partial charge is 0.513 e. The van der Waals surface area contributed by atoms with Crippen LogP contribution in [0.15, 0.2) is 60.7 Å². The van der Waals surface area contributed by atoms with Gasteiger partial charge in [0.05, 0.1) is 13.2 Å². The topological polar surface area (TPSA) is 48.0 Å². The van der Waals surface area contributed by atoms with E-state index in [0.29, 0.717) is 18.9 Å². The lowest BCUT2D eigenvalue weighted by molar-refractivity contribution is 0.101. The molecule has 2 rings (SSSR count). The van der Waals surface area contributed by atoms with Gasteiger partial charge in [-0.1, -0.05) is 36.4 Å². The maximum absolute atomic E-state index is 11.7. The van der Waals surface area contributed by atoms with Crippen LogP contribution < -0.4 is 9.64 Å². The Morgan fingerprint density at radius 1 is 0.913 bits per heavy atom. The molecule has 0 unspecified atom stereocenters. The maximum atomic E-state index is 11.7. The average molecular weight is 315 g/mol. The van der Waals surface area contributed by atoms with E-state index < -0.39 is 6.16 Å². The lowest BCUT2D eigenvalue weighted by Crippen LogP contribution is -2.31. The molecule has 5 nitrogen and oxygen atoms in total. The van der Waals surface area contributed by atoms with Gasteiger partial charge in [0, 0.05) is 19.3 Å². The third kappa shape index (κ3) is 6.00. The van der Waals surface area contributed by atoms with E-state index in [4.69, 9.17) is 14.2 Å². The van der Waals surface area contributed by atoms with E-state index in [2.05, 4.69) is 4.90 Å². The summed E-state index contributed by atoms with van der Waals surface area (Å²) in [5.41, 5.74) is 1.06. The summed E-state index contributed by atoms with van der Waals surface area (Å²) in [5.74, 6) is 0.469. The van der Waals surface area contributed by atoms with Crippen molar-refractivity contribution < 1.29 is 19.0 Å². The van der Waals surface area contributed by atoms with Gasteiger partial charge in [-0.15, -0.1) is 0 Å². The highest BCUT2D eigenvalue weighted by atomic mass is 16.7. The molecule has 5 heteroatoms. The molecule has 0 aromatic heterocycles. The lowest BCUT2D eigenvalue weighted by Gasteiger charge is -2.24. The van der Waals surface area contributed by atoms with Gasteiger partial charge in [0.15, 0.2) is 0 Å². The number of rotatable bonds is 8.